The van der Waals surface area contributed by atoms with Crippen molar-refractivity contribution in [3.63, 3.8) is 0 Å². The molecule has 1 unspecified atom stereocenters. The van der Waals surface area contributed by atoms with Crippen molar-refractivity contribution in [2.24, 2.45) is 5.41 Å². The van der Waals surface area contributed by atoms with E-state index in [9.17, 15) is 4.79 Å². The number of fused-ring (bicyclic) bond motifs is 2. The van der Waals surface area contributed by atoms with Crippen LogP contribution in [0.2, 0.25) is 0 Å². The van der Waals surface area contributed by atoms with Crippen LogP contribution in [-0.2, 0) is 19.0 Å². The van der Waals surface area contributed by atoms with E-state index >= 15 is 0 Å². The Bertz CT molecular complexity index is 830. The Morgan fingerprint density at radius 2 is 1.79 bits per heavy atom. The van der Waals surface area contributed by atoms with Gasteiger partial charge in [0.1, 0.15) is 17.2 Å². The van der Waals surface area contributed by atoms with Crippen LogP contribution < -0.4 is 9.47 Å². The molecule has 6 heteroatoms. The van der Waals surface area contributed by atoms with Crippen LogP contribution in [0.4, 0.5) is 0 Å². The molecule has 0 aromatic heterocycles. The summed E-state index contributed by atoms with van der Waals surface area (Å²) in [6, 6.07) is 13.4. The van der Waals surface area contributed by atoms with E-state index in [2.05, 4.69) is 0 Å². The Morgan fingerprint density at radius 1 is 1.04 bits per heavy atom. The second-order valence-corrected chi connectivity index (χ2v) is 7.15. The second kappa shape index (κ2) is 8.63. The first-order valence-corrected chi connectivity index (χ1v) is 9.17. The summed E-state index contributed by atoms with van der Waals surface area (Å²) in [5, 5.41) is 0. The average molecular weight is 386 g/mol. The first-order valence-electron chi connectivity index (χ1n) is 9.17. The SMILES string of the molecule is COCCOCOc1ccc2c(c1)Oc1ccccc1C2C(C)(C)C(=O)OC. The first kappa shape index (κ1) is 20.2. The molecule has 0 radical (unpaired) electrons. The summed E-state index contributed by atoms with van der Waals surface area (Å²) in [7, 11) is 3.03. The van der Waals surface area contributed by atoms with Crippen molar-refractivity contribution < 1.29 is 28.5 Å². The van der Waals surface area contributed by atoms with Gasteiger partial charge in [0.25, 0.3) is 0 Å². The van der Waals surface area contributed by atoms with E-state index in [1.807, 2.05) is 56.3 Å². The molecule has 0 saturated carbocycles. The maximum absolute atomic E-state index is 12.5. The molecular formula is C22H26O6. The molecule has 0 fully saturated rings. The van der Waals surface area contributed by atoms with Gasteiger partial charge >= 0.3 is 5.97 Å². The quantitative estimate of drug-likeness (QED) is 0.386. The van der Waals surface area contributed by atoms with Crippen LogP contribution in [0, 0.1) is 5.41 Å². The summed E-state index contributed by atoms with van der Waals surface area (Å²) in [6.45, 7) is 4.88. The predicted octanol–water partition coefficient (Wildman–Crippen LogP) is 4.12. The van der Waals surface area contributed by atoms with Crippen molar-refractivity contribution in [3.8, 4) is 17.2 Å². The summed E-state index contributed by atoms with van der Waals surface area (Å²) in [5.41, 5.74) is 1.11. The van der Waals surface area contributed by atoms with Gasteiger partial charge in [0, 0.05) is 30.2 Å². The van der Waals surface area contributed by atoms with E-state index in [4.69, 9.17) is 23.7 Å². The first-order chi connectivity index (χ1) is 13.5. The lowest BCUT2D eigenvalue weighted by Crippen LogP contribution is -2.34. The van der Waals surface area contributed by atoms with E-state index in [-0.39, 0.29) is 18.7 Å². The number of carbonyl (C=O) groups is 1. The molecule has 1 atom stereocenters. The van der Waals surface area contributed by atoms with Crippen LogP contribution in [0.1, 0.15) is 30.9 Å². The lowest BCUT2D eigenvalue weighted by Gasteiger charge is -2.37. The zero-order valence-electron chi connectivity index (χ0n) is 16.7. The van der Waals surface area contributed by atoms with Gasteiger partial charge in [-0.3, -0.25) is 4.79 Å². The van der Waals surface area contributed by atoms with Crippen LogP contribution in [-0.4, -0.2) is 40.2 Å². The molecule has 0 bridgehead atoms. The standard InChI is InChI=1S/C22H26O6/c1-22(2,21(23)25-4)20-16-7-5-6-8-18(16)28-19-13-15(9-10-17(19)20)27-14-26-12-11-24-3/h5-10,13,20H,11-12,14H2,1-4H3. The number of hydrogen-bond donors (Lipinski definition) is 0. The maximum Gasteiger partial charge on any atom is 0.312 e. The van der Waals surface area contributed by atoms with Crippen LogP contribution in [0.25, 0.3) is 0 Å². The Labute approximate surface area is 165 Å². The van der Waals surface area contributed by atoms with Gasteiger partial charge in [0.15, 0.2) is 6.79 Å². The Balaban J connectivity index is 1.91. The number of methoxy groups -OCH3 is 2. The summed E-state index contributed by atoms with van der Waals surface area (Å²) >= 11 is 0. The van der Waals surface area contributed by atoms with Gasteiger partial charge in [-0.15, -0.1) is 0 Å². The zero-order valence-corrected chi connectivity index (χ0v) is 16.7. The van der Waals surface area contributed by atoms with Crippen molar-refractivity contribution in [2.45, 2.75) is 19.8 Å². The highest BCUT2D eigenvalue weighted by Crippen LogP contribution is 2.52. The fourth-order valence-electron chi connectivity index (χ4n) is 3.50. The number of ether oxygens (including phenoxy) is 5. The molecule has 28 heavy (non-hydrogen) atoms. The van der Waals surface area contributed by atoms with E-state index in [1.54, 1.807) is 7.11 Å². The summed E-state index contributed by atoms with van der Waals surface area (Å²) in [5.74, 6) is 1.55. The molecule has 1 aliphatic heterocycles. The Hall–Kier alpha value is -2.57. The van der Waals surface area contributed by atoms with Crippen molar-refractivity contribution in [1.29, 1.82) is 0 Å². The van der Waals surface area contributed by atoms with Gasteiger partial charge in [-0.25, -0.2) is 0 Å². The third kappa shape index (κ3) is 3.98. The molecule has 0 aliphatic carbocycles. The minimum Gasteiger partial charge on any atom is -0.469 e. The lowest BCUT2D eigenvalue weighted by molar-refractivity contribution is -0.151. The third-order valence-corrected chi connectivity index (χ3v) is 4.92. The van der Waals surface area contributed by atoms with Crippen LogP contribution in [0.15, 0.2) is 42.5 Å². The summed E-state index contributed by atoms with van der Waals surface area (Å²) in [6.07, 6.45) is 0. The third-order valence-electron chi connectivity index (χ3n) is 4.92. The molecule has 150 valence electrons. The molecule has 1 heterocycles. The number of esters is 1. The minimum atomic E-state index is -0.769. The number of hydrogen-bond acceptors (Lipinski definition) is 6. The molecule has 0 spiro atoms. The van der Waals surface area contributed by atoms with E-state index in [1.165, 1.54) is 7.11 Å². The summed E-state index contributed by atoms with van der Waals surface area (Å²) in [4.78, 5) is 12.5. The highest BCUT2D eigenvalue weighted by atomic mass is 16.7. The summed E-state index contributed by atoms with van der Waals surface area (Å²) < 4.78 is 27.1. The van der Waals surface area contributed by atoms with E-state index in [0.29, 0.717) is 24.7 Å². The smallest absolute Gasteiger partial charge is 0.312 e. The predicted molar refractivity (Wildman–Crippen MR) is 104 cm³/mol. The van der Waals surface area contributed by atoms with Crippen molar-refractivity contribution in [2.75, 3.05) is 34.2 Å². The minimum absolute atomic E-state index is 0.121. The largest absolute Gasteiger partial charge is 0.469 e. The topological polar surface area (TPSA) is 63.2 Å². The van der Waals surface area contributed by atoms with Crippen molar-refractivity contribution in [3.05, 3.63) is 53.6 Å². The number of benzene rings is 2. The van der Waals surface area contributed by atoms with Crippen LogP contribution >= 0.6 is 0 Å². The van der Waals surface area contributed by atoms with Gasteiger partial charge in [-0.2, -0.15) is 0 Å². The molecule has 1 aliphatic rings. The number of rotatable bonds is 8. The fourth-order valence-corrected chi connectivity index (χ4v) is 3.50. The molecule has 0 amide bonds. The fraction of sp³-hybridized carbons (Fsp3) is 0.409. The molecular weight excluding hydrogens is 360 g/mol. The Morgan fingerprint density at radius 3 is 2.54 bits per heavy atom. The van der Waals surface area contributed by atoms with Crippen LogP contribution in [0.3, 0.4) is 0 Å². The molecule has 2 aromatic carbocycles. The molecule has 3 rings (SSSR count). The van der Waals surface area contributed by atoms with Crippen LogP contribution in [0.5, 0.6) is 17.2 Å². The van der Waals surface area contributed by atoms with Crippen molar-refractivity contribution >= 4 is 5.97 Å². The van der Waals surface area contributed by atoms with Gasteiger partial charge in [-0.05, 0) is 26.0 Å². The zero-order chi connectivity index (χ0) is 20.1. The average Bonchev–Trinajstić information content (AvgIpc) is 2.70. The number of para-hydroxylation sites is 1. The van der Waals surface area contributed by atoms with E-state index < -0.39 is 5.41 Å². The monoisotopic (exact) mass is 386 g/mol. The van der Waals surface area contributed by atoms with Gasteiger partial charge in [0.2, 0.25) is 0 Å². The highest BCUT2D eigenvalue weighted by Gasteiger charge is 2.44. The molecule has 6 nitrogen and oxygen atoms in total. The molecule has 0 saturated heterocycles. The highest BCUT2D eigenvalue weighted by molar-refractivity contribution is 5.79. The lowest BCUT2D eigenvalue weighted by atomic mass is 9.70. The van der Waals surface area contributed by atoms with Gasteiger partial charge in [-0.1, -0.05) is 24.3 Å². The molecule has 0 N–H and O–H groups in total. The second-order valence-electron chi connectivity index (χ2n) is 7.15. The maximum atomic E-state index is 12.5. The normalized spacial score (nSPS) is 15.2. The molecule has 2 aromatic rings. The van der Waals surface area contributed by atoms with Crippen molar-refractivity contribution in [1.82, 2.24) is 0 Å². The van der Waals surface area contributed by atoms with E-state index in [0.717, 1.165) is 16.9 Å². The van der Waals surface area contributed by atoms with Gasteiger partial charge < -0.3 is 23.7 Å². The van der Waals surface area contributed by atoms with Gasteiger partial charge in [0.05, 0.1) is 25.7 Å². The number of carbonyl (C=O) groups excluding carboxylic acids is 1. The Kier molecular flexibility index (Phi) is 6.21.